The van der Waals surface area contributed by atoms with Crippen LogP contribution in [-0.4, -0.2) is 34.1 Å². The molecule has 1 aliphatic rings. The summed E-state index contributed by atoms with van der Waals surface area (Å²) in [6.45, 7) is 4.84. The summed E-state index contributed by atoms with van der Waals surface area (Å²) in [5, 5.41) is 7.49. The number of carbonyl (C=O) groups is 1. The first-order valence-electron chi connectivity index (χ1n) is 11.0. The number of rotatable bonds is 7. The lowest BCUT2D eigenvalue weighted by Gasteiger charge is -2.09. The van der Waals surface area contributed by atoms with Crippen LogP contribution in [0.5, 0.6) is 17.5 Å². The zero-order chi connectivity index (χ0) is 23.5. The molecule has 0 spiro atoms. The van der Waals surface area contributed by atoms with Gasteiger partial charge in [-0.15, -0.1) is 5.10 Å². The van der Waals surface area contributed by atoms with Crippen LogP contribution in [0.4, 0.5) is 5.69 Å². The van der Waals surface area contributed by atoms with Crippen LogP contribution in [0.3, 0.4) is 0 Å². The fourth-order valence-electron chi connectivity index (χ4n) is 3.48. The number of anilines is 1. The van der Waals surface area contributed by atoms with Crippen molar-refractivity contribution in [1.29, 1.82) is 0 Å². The Labute approximate surface area is 197 Å². The lowest BCUT2D eigenvalue weighted by molar-refractivity contribution is 0.102. The highest BCUT2D eigenvalue weighted by atomic mass is 16.7. The molecule has 3 aromatic carbocycles. The molecule has 1 aliphatic heterocycles. The summed E-state index contributed by atoms with van der Waals surface area (Å²) in [5.74, 6) is 2.14. The van der Waals surface area contributed by atoms with Gasteiger partial charge >= 0.3 is 6.01 Å². The maximum atomic E-state index is 12.5. The Balaban J connectivity index is 1.44. The van der Waals surface area contributed by atoms with Crippen molar-refractivity contribution >= 4 is 11.6 Å². The van der Waals surface area contributed by atoms with Gasteiger partial charge in [-0.25, -0.2) is 4.68 Å². The molecule has 0 radical (unpaired) electrons. The highest BCUT2D eigenvalue weighted by molar-refractivity contribution is 6.04. The summed E-state index contributed by atoms with van der Waals surface area (Å²) in [6.07, 6.45) is 0. The lowest BCUT2D eigenvalue weighted by atomic mass is 10.2. The van der Waals surface area contributed by atoms with Gasteiger partial charge in [-0.2, -0.15) is 4.98 Å². The van der Waals surface area contributed by atoms with Gasteiger partial charge in [0.25, 0.3) is 5.91 Å². The second-order valence-corrected chi connectivity index (χ2v) is 8.27. The monoisotopic (exact) mass is 456 g/mol. The number of aromatic nitrogens is 3. The molecule has 4 aromatic rings. The highest BCUT2D eigenvalue weighted by Gasteiger charge is 2.19. The van der Waals surface area contributed by atoms with E-state index in [9.17, 15) is 4.79 Å². The van der Waals surface area contributed by atoms with Crippen LogP contribution in [0.15, 0.2) is 72.8 Å². The average molecular weight is 457 g/mol. The van der Waals surface area contributed by atoms with Crippen molar-refractivity contribution in [2.75, 3.05) is 18.7 Å². The molecule has 172 valence electrons. The molecule has 0 unspecified atom stereocenters. The number of ether oxygens (including phenoxy) is 3. The number of carbonyl (C=O) groups excluding carboxylic acids is 1. The maximum Gasteiger partial charge on any atom is 0.336 e. The van der Waals surface area contributed by atoms with Crippen LogP contribution in [-0.2, 0) is 0 Å². The molecule has 0 bridgehead atoms. The Hall–Kier alpha value is -4.33. The summed E-state index contributed by atoms with van der Waals surface area (Å²) in [4.78, 5) is 17.1. The van der Waals surface area contributed by atoms with Crippen molar-refractivity contribution in [2.45, 2.75) is 13.8 Å². The van der Waals surface area contributed by atoms with Crippen molar-refractivity contribution < 1.29 is 19.0 Å². The Morgan fingerprint density at radius 3 is 2.56 bits per heavy atom. The first-order chi connectivity index (χ1) is 16.6. The maximum absolute atomic E-state index is 12.5. The van der Waals surface area contributed by atoms with Gasteiger partial charge in [0.15, 0.2) is 17.3 Å². The van der Waals surface area contributed by atoms with Gasteiger partial charge in [-0.1, -0.05) is 32.0 Å². The van der Waals surface area contributed by atoms with Crippen molar-refractivity contribution in [3.63, 3.8) is 0 Å². The van der Waals surface area contributed by atoms with Crippen molar-refractivity contribution in [2.24, 2.45) is 5.92 Å². The number of hydrogen-bond donors (Lipinski definition) is 1. The van der Waals surface area contributed by atoms with E-state index >= 15 is 0 Å². The smallest absolute Gasteiger partial charge is 0.336 e. The Morgan fingerprint density at radius 1 is 1.03 bits per heavy atom. The van der Waals surface area contributed by atoms with Crippen LogP contribution in [0, 0.1) is 5.92 Å². The molecule has 0 saturated heterocycles. The van der Waals surface area contributed by atoms with Crippen molar-refractivity contribution in [3.8, 4) is 34.6 Å². The summed E-state index contributed by atoms with van der Waals surface area (Å²) in [6, 6.07) is 22.4. The molecular weight excluding hydrogens is 432 g/mol. The van der Waals surface area contributed by atoms with E-state index in [1.807, 2.05) is 60.7 Å². The van der Waals surface area contributed by atoms with E-state index in [1.54, 1.807) is 16.8 Å². The Bertz CT molecular complexity index is 1300. The summed E-state index contributed by atoms with van der Waals surface area (Å²) >= 11 is 0. The molecule has 1 amide bonds. The minimum Gasteiger partial charge on any atom is -0.462 e. The number of amides is 1. The lowest BCUT2D eigenvalue weighted by Crippen LogP contribution is -2.11. The van der Waals surface area contributed by atoms with E-state index < -0.39 is 0 Å². The zero-order valence-electron chi connectivity index (χ0n) is 18.9. The number of hydrogen-bond acceptors (Lipinski definition) is 6. The fourth-order valence-corrected chi connectivity index (χ4v) is 3.48. The standard InChI is InChI=1S/C26H24N4O4/c1-17(2)15-32-26-28-24(19-8-13-22-23(14-19)34-16-33-22)30(29-26)21-11-9-20(10-12-21)27-25(31)18-6-4-3-5-7-18/h3-14,17H,15-16H2,1-2H3,(H,27,31). The second-order valence-electron chi connectivity index (χ2n) is 8.27. The number of benzene rings is 3. The van der Waals surface area contributed by atoms with Gasteiger partial charge < -0.3 is 19.5 Å². The van der Waals surface area contributed by atoms with Gasteiger partial charge in [-0.05, 0) is 60.5 Å². The summed E-state index contributed by atoms with van der Waals surface area (Å²) < 4.78 is 18.5. The molecule has 0 atom stereocenters. The quantitative estimate of drug-likeness (QED) is 0.423. The van der Waals surface area contributed by atoms with Gasteiger partial charge in [0, 0.05) is 16.8 Å². The molecule has 5 rings (SSSR count). The third kappa shape index (κ3) is 4.56. The molecule has 0 saturated carbocycles. The third-order valence-corrected chi connectivity index (χ3v) is 5.17. The van der Waals surface area contributed by atoms with Gasteiger partial charge in [-0.3, -0.25) is 4.79 Å². The topological polar surface area (TPSA) is 87.5 Å². The van der Waals surface area contributed by atoms with E-state index in [-0.39, 0.29) is 12.7 Å². The van der Waals surface area contributed by atoms with Gasteiger partial charge in [0.2, 0.25) is 6.79 Å². The van der Waals surface area contributed by atoms with E-state index in [0.717, 1.165) is 11.3 Å². The molecular formula is C26H24N4O4. The molecule has 34 heavy (non-hydrogen) atoms. The third-order valence-electron chi connectivity index (χ3n) is 5.17. The van der Waals surface area contributed by atoms with E-state index in [2.05, 4.69) is 29.2 Å². The minimum absolute atomic E-state index is 0.167. The summed E-state index contributed by atoms with van der Waals surface area (Å²) in [7, 11) is 0. The molecule has 8 heteroatoms. The second kappa shape index (κ2) is 9.27. The van der Waals surface area contributed by atoms with E-state index in [0.29, 0.717) is 47.1 Å². The van der Waals surface area contributed by atoms with Crippen LogP contribution in [0.2, 0.25) is 0 Å². The average Bonchev–Trinajstić information content (AvgIpc) is 3.50. The largest absolute Gasteiger partial charge is 0.462 e. The minimum atomic E-state index is -0.167. The van der Waals surface area contributed by atoms with Crippen molar-refractivity contribution in [1.82, 2.24) is 14.8 Å². The van der Waals surface area contributed by atoms with Gasteiger partial charge in [0.1, 0.15) is 0 Å². The molecule has 1 aromatic heterocycles. The number of fused-ring (bicyclic) bond motifs is 1. The predicted molar refractivity (Wildman–Crippen MR) is 128 cm³/mol. The molecule has 0 aliphatic carbocycles. The molecule has 2 heterocycles. The van der Waals surface area contributed by atoms with Crippen LogP contribution in [0.1, 0.15) is 24.2 Å². The molecule has 8 nitrogen and oxygen atoms in total. The Morgan fingerprint density at radius 2 is 1.79 bits per heavy atom. The normalized spacial score (nSPS) is 12.1. The SMILES string of the molecule is CC(C)COc1nc(-c2ccc3c(c2)OCO3)n(-c2ccc(NC(=O)c3ccccc3)cc2)n1. The van der Waals surface area contributed by atoms with E-state index in [1.165, 1.54) is 0 Å². The van der Waals surface area contributed by atoms with Crippen LogP contribution in [0.25, 0.3) is 17.1 Å². The first-order valence-corrected chi connectivity index (χ1v) is 11.0. The molecule has 1 N–H and O–H groups in total. The fraction of sp³-hybridized carbons (Fsp3) is 0.192. The summed E-state index contributed by atoms with van der Waals surface area (Å²) in [5.41, 5.74) is 2.87. The van der Waals surface area contributed by atoms with Gasteiger partial charge in [0.05, 0.1) is 12.3 Å². The number of nitrogens with one attached hydrogen (secondary N) is 1. The van der Waals surface area contributed by atoms with E-state index in [4.69, 9.17) is 14.2 Å². The zero-order valence-corrected chi connectivity index (χ0v) is 18.9. The number of nitrogens with zero attached hydrogens (tertiary/aromatic N) is 3. The van der Waals surface area contributed by atoms with Crippen LogP contribution >= 0.6 is 0 Å². The first kappa shape index (κ1) is 21.5. The predicted octanol–water partition coefficient (Wildman–Crippen LogP) is 4.95. The Kier molecular flexibility index (Phi) is 5.86. The molecule has 0 fully saturated rings. The van der Waals surface area contributed by atoms with Crippen LogP contribution < -0.4 is 19.5 Å². The highest BCUT2D eigenvalue weighted by Crippen LogP contribution is 2.36. The van der Waals surface area contributed by atoms with Crippen molar-refractivity contribution in [3.05, 3.63) is 78.4 Å².